The largest absolute Gasteiger partial charge is 0.368 e. The molecule has 1 fully saturated rings. The number of rotatable bonds is 5. The van der Waals surface area contributed by atoms with Crippen LogP contribution in [-0.2, 0) is 4.79 Å². The first-order valence-corrected chi connectivity index (χ1v) is 9.88. The van der Waals surface area contributed by atoms with Gasteiger partial charge in [-0.2, -0.15) is 0 Å². The second-order valence-corrected chi connectivity index (χ2v) is 8.21. The van der Waals surface area contributed by atoms with Crippen molar-refractivity contribution in [3.8, 4) is 0 Å². The minimum absolute atomic E-state index is 0.0232. The van der Waals surface area contributed by atoms with E-state index in [0.29, 0.717) is 5.82 Å². The van der Waals surface area contributed by atoms with Crippen LogP contribution in [0.25, 0.3) is 6.08 Å². The molecule has 5 nitrogen and oxygen atoms in total. The quantitative estimate of drug-likeness (QED) is 0.857. The molecule has 0 unspecified atom stereocenters. The van der Waals surface area contributed by atoms with Gasteiger partial charge in [-0.15, -0.1) is 0 Å². The van der Waals surface area contributed by atoms with Crippen LogP contribution in [0.4, 0.5) is 11.5 Å². The first kappa shape index (κ1) is 20.1. The van der Waals surface area contributed by atoms with Crippen molar-refractivity contribution in [3.63, 3.8) is 0 Å². The first-order chi connectivity index (χ1) is 13.4. The number of anilines is 2. The molecule has 2 heterocycles. The normalized spacial score (nSPS) is 15.8. The van der Waals surface area contributed by atoms with E-state index in [1.54, 1.807) is 0 Å². The number of nitrogens with zero attached hydrogens (tertiary/aromatic N) is 3. The Morgan fingerprint density at radius 2 is 1.79 bits per heavy atom. The monoisotopic (exact) mass is 378 g/mol. The standard InChI is InChI=1S/C23H30N4O/c1-23(2,3)22(28)25-21-12-11-20(18-24-21)27-16-14-26(15-17-27)13-7-10-19-8-5-4-6-9-19/h4-12,18H,13-17H2,1-3H3,(H,24,25,28)/b10-7+. The summed E-state index contributed by atoms with van der Waals surface area (Å²) in [6, 6.07) is 14.3. The van der Waals surface area contributed by atoms with Crippen molar-refractivity contribution in [3.05, 3.63) is 60.3 Å². The van der Waals surface area contributed by atoms with Crippen LogP contribution in [0.15, 0.2) is 54.7 Å². The number of aromatic nitrogens is 1. The molecule has 1 aromatic heterocycles. The van der Waals surface area contributed by atoms with E-state index in [0.717, 1.165) is 38.4 Å². The van der Waals surface area contributed by atoms with E-state index in [9.17, 15) is 4.79 Å². The molecular weight excluding hydrogens is 348 g/mol. The molecule has 1 saturated heterocycles. The predicted octanol–water partition coefficient (Wildman–Crippen LogP) is 3.90. The topological polar surface area (TPSA) is 48.5 Å². The van der Waals surface area contributed by atoms with E-state index in [-0.39, 0.29) is 5.91 Å². The highest BCUT2D eigenvalue weighted by Crippen LogP contribution is 2.20. The van der Waals surface area contributed by atoms with Crippen molar-refractivity contribution in [2.45, 2.75) is 20.8 Å². The van der Waals surface area contributed by atoms with E-state index < -0.39 is 5.41 Å². The zero-order valence-corrected chi connectivity index (χ0v) is 17.1. The van der Waals surface area contributed by atoms with Gasteiger partial charge >= 0.3 is 0 Å². The highest BCUT2D eigenvalue weighted by Gasteiger charge is 2.22. The number of benzene rings is 1. The summed E-state index contributed by atoms with van der Waals surface area (Å²) in [6.07, 6.45) is 6.27. The van der Waals surface area contributed by atoms with Crippen molar-refractivity contribution in [2.24, 2.45) is 5.41 Å². The SMILES string of the molecule is CC(C)(C)C(=O)Nc1ccc(N2CCN(C/C=C/c3ccccc3)CC2)cn1. The number of piperazine rings is 1. The number of amides is 1. The zero-order valence-electron chi connectivity index (χ0n) is 17.1. The molecule has 1 amide bonds. The molecule has 0 aliphatic carbocycles. The number of pyridine rings is 1. The molecule has 2 aromatic rings. The number of carbonyl (C=O) groups excluding carboxylic acids is 1. The Hall–Kier alpha value is -2.66. The van der Waals surface area contributed by atoms with Gasteiger partial charge < -0.3 is 10.2 Å². The Morgan fingerprint density at radius 3 is 2.39 bits per heavy atom. The van der Waals surface area contributed by atoms with Gasteiger partial charge in [0, 0.05) is 38.1 Å². The van der Waals surface area contributed by atoms with Crippen LogP contribution in [0.3, 0.4) is 0 Å². The molecule has 0 spiro atoms. The van der Waals surface area contributed by atoms with Crippen molar-refractivity contribution in [2.75, 3.05) is 42.9 Å². The van der Waals surface area contributed by atoms with E-state index in [4.69, 9.17) is 0 Å². The lowest BCUT2D eigenvalue weighted by molar-refractivity contribution is -0.123. The van der Waals surface area contributed by atoms with Crippen LogP contribution in [0, 0.1) is 5.41 Å². The zero-order chi connectivity index (χ0) is 20.0. The van der Waals surface area contributed by atoms with Crippen molar-refractivity contribution < 1.29 is 4.79 Å². The fourth-order valence-electron chi connectivity index (χ4n) is 3.04. The van der Waals surface area contributed by atoms with E-state index in [1.807, 2.05) is 45.2 Å². The molecule has 1 aliphatic rings. The summed E-state index contributed by atoms with van der Waals surface area (Å²) in [5.74, 6) is 0.582. The Kier molecular flexibility index (Phi) is 6.47. The third-order valence-electron chi connectivity index (χ3n) is 4.88. The second-order valence-electron chi connectivity index (χ2n) is 8.21. The predicted molar refractivity (Wildman–Crippen MR) is 116 cm³/mol. The second kappa shape index (κ2) is 9.02. The Morgan fingerprint density at radius 1 is 1.07 bits per heavy atom. The van der Waals surface area contributed by atoms with Gasteiger partial charge in [0.2, 0.25) is 5.91 Å². The van der Waals surface area contributed by atoms with E-state index in [2.05, 4.69) is 56.5 Å². The number of nitrogens with one attached hydrogen (secondary N) is 1. The third kappa shape index (κ3) is 5.67. The molecule has 1 N–H and O–H groups in total. The highest BCUT2D eigenvalue weighted by atomic mass is 16.2. The van der Waals surface area contributed by atoms with Gasteiger partial charge in [-0.3, -0.25) is 9.69 Å². The van der Waals surface area contributed by atoms with E-state index >= 15 is 0 Å². The molecule has 3 rings (SSSR count). The van der Waals surface area contributed by atoms with Gasteiger partial charge in [0.05, 0.1) is 11.9 Å². The number of hydrogen-bond acceptors (Lipinski definition) is 4. The molecule has 28 heavy (non-hydrogen) atoms. The summed E-state index contributed by atoms with van der Waals surface area (Å²) >= 11 is 0. The lowest BCUT2D eigenvalue weighted by Crippen LogP contribution is -2.46. The molecule has 0 radical (unpaired) electrons. The summed E-state index contributed by atoms with van der Waals surface area (Å²) in [7, 11) is 0. The molecule has 1 aliphatic heterocycles. The van der Waals surface area contributed by atoms with Crippen molar-refractivity contribution in [1.29, 1.82) is 0 Å². The summed E-state index contributed by atoms with van der Waals surface area (Å²) in [6.45, 7) is 10.7. The number of hydrogen-bond donors (Lipinski definition) is 1. The molecule has 0 bridgehead atoms. The van der Waals surface area contributed by atoms with Gasteiger partial charge in [-0.05, 0) is 17.7 Å². The molecule has 0 saturated carbocycles. The van der Waals surface area contributed by atoms with Crippen LogP contribution in [0.1, 0.15) is 26.3 Å². The first-order valence-electron chi connectivity index (χ1n) is 9.88. The maximum atomic E-state index is 12.1. The molecular formula is C23H30N4O. The van der Waals surface area contributed by atoms with Crippen molar-refractivity contribution in [1.82, 2.24) is 9.88 Å². The average molecular weight is 379 g/mol. The minimum atomic E-state index is -0.425. The highest BCUT2D eigenvalue weighted by molar-refractivity contribution is 5.93. The Labute approximate surface area is 168 Å². The Bertz CT molecular complexity index is 786. The van der Waals surface area contributed by atoms with Crippen LogP contribution in [0.5, 0.6) is 0 Å². The van der Waals surface area contributed by atoms with Crippen LogP contribution in [0.2, 0.25) is 0 Å². The fraction of sp³-hybridized carbons (Fsp3) is 0.391. The Balaban J connectivity index is 1.47. The summed E-state index contributed by atoms with van der Waals surface area (Å²) < 4.78 is 0. The average Bonchev–Trinajstić information content (AvgIpc) is 2.69. The van der Waals surface area contributed by atoms with Crippen LogP contribution >= 0.6 is 0 Å². The lowest BCUT2D eigenvalue weighted by Gasteiger charge is -2.35. The molecule has 1 aromatic carbocycles. The minimum Gasteiger partial charge on any atom is -0.368 e. The summed E-state index contributed by atoms with van der Waals surface area (Å²) in [5, 5.41) is 2.87. The molecule has 5 heteroatoms. The van der Waals surface area contributed by atoms with Gasteiger partial charge in [0.15, 0.2) is 0 Å². The summed E-state index contributed by atoms with van der Waals surface area (Å²) in [4.78, 5) is 21.3. The smallest absolute Gasteiger partial charge is 0.230 e. The molecule has 148 valence electrons. The van der Waals surface area contributed by atoms with Crippen LogP contribution < -0.4 is 10.2 Å². The molecule has 0 atom stereocenters. The van der Waals surface area contributed by atoms with Gasteiger partial charge in [0.1, 0.15) is 5.82 Å². The van der Waals surface area contributed by atoms with Crippen molar-refractivity contribution >= 4 is 23.5 Å². The maximum Gasteiger partial charge on any atom is 0.230 e. The fourth-order valence-corrected chi connectivity index (χ4v) is 3.04. The van der Waals surface area contributed by atoms with Gasteiger partial charge in [-0.25, -0.2) is 4.98 Å². The van der Waals surface area contributed by atoms with Crippen LogP contribution in [-0.4, -0.2) is 48.5 Å². The van der Waals surface area contributed by atoms with E-state index in [1.165, 1.54) is 5.56 Å². The number of carbonyl (C=O) groups is 1. The third-order valence-corrected chi connectivity index (χ3v) is 4.88. The summed E-state index contributed by atoms with van der Waals surface area (Å²) in [5.41, 5.74) is 1.92. The van der Waals surface area contributed by atoms with Gasteiger partial charge in [0.25, 0.3) is 0 Å². The van der Waals surface area contributed by atoms with Gasteiger partial charge in [-0.1, -0.05) is 63.3 Å². The maximum absolute atomic E-state index is 12.1. The lowest BCUT2D eigenvalue weighted by atomic mass is 9.96.